The Kier molecular flexibility index (Phi) is 8.00. The molecule has 5 nitrogen and oxygen atoms in total. The number of carboxylic acids is 1. The van der Waals surface area contributed by atoms with Gasteiger partial charge in [-0.05, 0) is 12.8 Å². The molecule has 0 bridgehead atoms. The van der Waals surface area contributed by atoms with Crippen LogP contribution >= 0.6 is 0 Å². The highest BCUT2D eigenvalue weighted by molar-refractivity contribution is 5.74. The molecule has 17 heavy (non-hydrogen) atoms. The fraction of sp³-hybridized carbons (Fsp3) is 0.800. The molecule has 2 amide bonds. The number of nitrogens with zero attached hydrogens (tertiary/aromatic N) is 1. The molecule has 0 rings (SSSR count). The summed E-state index contributed by atoms with van der Waals surface area (Å²) in [4.78, 5) is 22.7. The zero-order chi connectivity index (χ0) is 13.3. The minimum absolute atomic E-state index is 0.0527. The first kappa shape index (κ1) is 15.6. The molecule has 0 radical (unpaired) electrons. The Hall–Kier alpha value is -1.40. The van der Waals surface area contributed by atoms with E-state index in [2.05, 4.69) is 5.32 Å². The Morgan fingerprint density at radius 1 is 1.41 bits per heavy atom. The number of halogens is 2. The third kappa shape index (κ3) is 8.41. The Balaban J connectivity index is 3.92. The number of urea groups is 1. The molecule has 0 saturated carbocycles. The van der Waals surface area contributed by atoms with Crippen molar-refractivity contribution in [1.29, 1.82) is 0 Å². The van der Waals surface area contributed by atoms with Crippen molar-refractivity contribution in [2.24, 2.45) is 0 Å². The van der Waals surface area contributed by atoms with E-state index < -0.39 is 25.0 Å². The summed E-state index contributed by atoms with van der Waals surface area (Å²) >= 11 is 0. The predicted molar refractivity (Wildman–Crippen MR) is 58.1 cm³/mol. The first-order chi connectivity index (χ1) is 7.97. The summed E-state index contributed by atoms with van der Waals surface area (Å²) < 4.78 is 24.3. The summed E-state index contributed by atoms with van der Waals surface area (Å²) in [6, 6.07) is -0.572. The standard InChI is InChI=1S/C10H18F2N2O3/c1-2-6-14(7-8(11)12)10(17)13-5-3-4-9(15)16/h8H,2-7H2,1H3,(H,13,17)(H,15,16). The van der Waals surface area contributed by atoms with Gasteiger partial charge in [0.15, 0.2) is 0 Å². The summed E-state index contributed by atoms with van der Waals surface area (Å²) in [7, 11) is 0. The van der Waals surface area contributed by atoms with Crippen molar-refractivity contribution in [1.82, 2.24) is 10.2 Å². The monoisotopic (exact) mass is 252 g/mol. The fourth-order valence-electron chi connectivity index (χ4n) is 1.26. The fourth-order valence-corrected chi connectivity index (χ4v) is 1.26. The van der Waals surface area contributed by atoms with E-state index in [0.29, 0.717) is 6.42 Å². The van der Waals surface area contributed by atoms with E-state index in [1.807, 2.05) is 0 Å². The van der Waals surface area contributed by atoms with Crippen molar-refractivity contribution in [2.45, 2.75) is 32.6 Å². The maximum absolute atomic E-state index is 12.2. The van der Waals surface area contributed by atoms with Gasteiger partial charge in [-0.3, -0.25) is 4.79 Å². The Morgan fingerprint density at radius 3 is 2.53 bits per heavy atom. The molecule has 0 unspecified atom stereocenters. The molecule has 0 aromatic rings. The number of rotatable bonds is 8. The third-order valence-corrected chi connectivity index (χ3v) is 1.98. The van der Waals surface area contributed by atoms with Crippen LogP contribution in [0, 0.1) is 0 Å². The van der Waals surface area contributed by atoms with Gasteiger partial charge in [-0.15, -0.1) is 0 Å². The van der Waals surface area contributed by atoms with Gasteiger partial charge in [0.05, 0.1) is 6.54 Å². The van der Waals surface area contributed by atoms with Gasteiger partial charge in [0.2, 0.25) is 0 Å². The summed E-state index contributed by atoms with van der Waals surface area (Å²) in [5.41, 5.74) is 0. The van der Waals surface area contributed by atoms with Crippen LogP contribution in [-0.4, -0.2) is 48.1 Å². The van der Waals surface area contributed by atoms with Crippen molar-refractivity contribution in [2.75, 3.05) is 19.6 Å². The van der Waals surface area contributed by atoms with Crippen molar-refractivity contribution in [3.05, 3.63) is 0 Å². The molecule has 0 aliphatic rings. The van der Waals surface area contributed by atoms with E-state index in [1.54, 1.807) is 6.92 Å². The lowest BCUT2D eigenvalue weighted by Crippen LogP contribution is -2.43. The molecule has 7 heteroatoms. The van der Waals surface area contributed by atoms with Crippen LogP contribution in [-0.2, 0) is 4.79 Å². The van der Waals surface area contributed by atoms with Crippen molar-refractivity contribution >= 4 is 12.0 Å². The largest absolute Gasteiger partial charge is 0.481 e. The lowest BCUT2D eigenvalue weighted by molar-refractivity contribution is -0.137. The SMILES string of the molecule is CCCN(CC(F)F)C(=O)NCCCC(=O)O. The van der Waals surface area contributed by atoms with Gasteiger partial charge >= 0.3 is 12.0 Å². The molecule has 100 valence electrons. The van der Waals surface area contributed by atoms with Crippen molar-refractivity contribution in [3.63, 3.8) is 0 Å². The van der Waals surface area contributed by atoms with E-state index >= 15 is 0 Å². The average molecular weight is 252 g/mol. The van der Waals surface area contributed by atoms with E-state index in [9.17, 15) is 18.4 Å². The maximum atomic E-state index is 12.2. The van der Waals surface area contributed by atoms with Gasteiger partial charge in [0.25, 0.3) is 6.43 Å². The molecule has 0 heterocycles. The van der Waals surface area contributed by atoms with E-state index in [4.69, 9.17) is 5.11 Å². The summed E-state index contributed by atoms with van der Waals surface area (Å²) in [5, 5.41) is 10.8. The van der Waals surface area contributed by atoms with Crippen LogP contribution in [0.25, 0.3) is 0 Å². The van der Waals surface area contributed by atoms with E-state index in [1.165, 1.54) is 0 Å². The molecule has 0 aromatic heterocycles. The Morgan fingerprint density at radius 2 is 2.06 bits per heavy atom. The maximum Gasteiger partial charge on any atom is 0.317 e. The van der Waals surface area contributed by atoms with Crippen molar-refractivity contribution < 1.29 is 23.5 Å². The third-order valence-electron chi connectivity index (χ3n) is 1.98. The summed E-state index contributed by atoms with van der Waals surface area (Å²) in [6.07, 6.45) is -1.74. The van der Waals surface area contributed by atoms with E-state index in [0.717, 1.165) is 4.90 Å². The second-order valence-corrected chi connectivity index (χ2v) is 3.57. The molecule has 0 spiro atoms. The predicted octanol–water partition coefficient (Wildman–Crippen LogP) is 1.54. The van der Waals surface area contributed by atoms with Gasteiger partial charge in [-0.2, -0.15) is 0 Å². The number of carboxylic acid groups (broad SMARTS) is 1. The van der Waals surface area contributed by atoms with Crippen molar-refractivity contribution in [3.8, 4) is 0 Å². The second-order valence-electron chi connectivity index (χ2n) is 3.57. The smallest absolute Gasteiger partial charge is 0.317 e. The van der Waals surface area contributed by atoms with Crippen LogP contribution in [0.5, 0.6) is 0 Å². The highest BCUT2D eigenvalue weighted by atomic mass is 19.3. The minimum Gasteiger partial charge on any atom is -0.481 e. The van der Waals surface area contributed by atoms with Gasteiger partial charge in [-0.1, -0.05) is 6.92 Å². The quantitative estimate of drug-likeness (QED) is 0.644. The normalized spacial score (nSPS) is 10.4. The highest BCUT2D eigenvalue weighted by Gasteiger charge is 2.16. The molecule has 0 aromatic carbocycles. The number of hydrogen-bond acceptors (Lipinski definition) is 2. The summed E-state index contributed by atoms with van der Waals surface area (Å²) in [6.45, 7) is 1.62. The number of carbonyl (C=O) groups is 2. The van der Waals surface area contributed by atoms with Crippen LogP contribution in [0.3, 0.4) is 0 Å². The Bertz CT molecular complexity index is 250. The van der Waals surface area contributed by atoms with Gasteiger partial charge in [0, 0.05) is 19.5 Å². The van der Waals surface area contributed by atoms with Crippen LogP contribution in [0.15, 0.2) is 0 Å². The molecule has 0 atom stereocenters. The molecular weight excluding hydrogens is 234 g/mol. The topological polar surface area (TPSA) is 69.6 Å². The highest BCUT2D eigenvalue weighted by Crippen LogP contribution is 2.00. The summed E-state index contributed by atoms with van der Waals surface area (Å²) in [5.74, 6) is -0.947. The second kappa shape index (κ2) is 8.72. The zero-order valence-electron chi connectivity index (χ0n) is 9.79. The Labute approximate surface area is 98.8 Å². The molecule has 0 aliphatic heterocycles. The van der Waals surface area contributed by atoms with Crippen LogP contribution in [0.2, 0.25) is 0 Å². The van der Waals surface area contributed by atoms with E-state index in [-0.39, 0.29) is 25.9 Å². The molecule has 0 saturated heterocycles. The number of hydrogen-bond donors (Lipinski definition) is 2. The first-order valence-electron chi connectivity index (χ1n) is 5.50. The lowest BCUT2D eigenvalue weighted by Gasteiger charge is -2.21. The number of nitrogens with one attached hydrogen (secondary N) is 1. The zero-order valence-corrected chi connectivity index (χ0v) is 9.79. The van der Waals surface area contributed by atoms with Crippen LogP contribution < -0.4 is 5.32 Å². The van der Waals surface area contributed by atoms with Crippen LogP contribution in [0.4, 0.5) is 13.6 Å². The number of alkyl halides is 2. The van der Waals surface area contributed by atoms with Crippen LogP contribution in [0.1, 0.15) is 26.2 Å². The number of amides is 2. The van der Waals surface area contributed by atoms with Gasteiger partial charge in [0.1, 0.15) is 0 Å². The minimum atomic E-state index is -2.56. The molecular formula is C10H18F2N2O3. The van der Waals surface area contributed by atoms with Gasteiger partial charge < -0.3 is 15.3 Å². The van der Waals surface area contributed by atoms with Gasteiger partial charge in [-0.25, -0.2) is 13.6 Å². The first-order valence-corrected chi connectivity index (χ1v) is 5.50. The number of carbonyl (C=O) groups excluding carboxylic acids is 1. The average Bonchev–Trinajstić information content (AvgIpc) is 2.22. The molecule has 0 aliphatic carbocycles. The molecule has 0 fully saturated rings. The number of aliphatic carboxylic acids is 1. The lowest BCUT2D eigenvalue weighted by atomic mass is 10.3. The molecule has 2 N–H and O–H groups in total.